The summed E-state index contributed by atoms with van der Waals surface area (Å²) in [4.78, 5) is 52.4. The van der Waals surface area contributed by atoms with Gasteiger partial charge in [-0.15, -0.1) is 0 Å². The SMILES string of the molecule is CC(C)C(=O)CCCCN(C)C.CC(C)C(=O)CCCN(C)C.CC(C)C(=O)CCN(C)C.CC(C)C(=O)CN(C)C. The first-order valence-corrected chi connectivity index (χ1v) is 15.8. The maximum Gasteiger partial charge on any atom is 0.149 e. The van der Waals surface area contributed by atoms with Crippen molar-refractivity contribution in [3.63, 3.8) is 0 Å². The van der Waals surface area contributed by atoms with E-state index in [9.17, 15) is 19.2 Å². The van der Waals surface area contributed by atoms with Crippen LogP contribution in [0.2, 0.25) is 0 Å². The number of carbonyl (C=O) groups excluding carboxylic acids is 4. The number of rotatable bonds is 18. The van der Waals surface area contributed by atoms with Crippen molar-refractivity contribution in [1.82, 2.24) is 19.6 Å². The van der Waals surface area contributed by atoms with Crippen molar-refractivity contribution in [2.24, 2.45) is 23.7 Å². The van der Waals surface area contributed by atoms with E-state index in [1.807, 2.05) is 107 Å². The first-order valence-electron chi connectivity index (χ1n) is 15.8. The van der Waals surface area contributed by atoms with Crippen molar-refractivity contribution in [3.8, 4) is 0 Å². The fourth-order valence-electron chi connectivity index (χ4n) is 2.99. The Morgan fingerprint density at radius 2 is 0.690 bits per heavy atom. The highest BCUT2D eigenvalue weighted by molar-refractivity contribution is 5.82. The van der Waals surface area contributed by atoms with Gasteiger partial charge in [-0.3, -0.25) is 19.2 Å². The van der Waals surface area contributed by atoms with Crippen LogP contribution in [0, 0.1) is 23.7 Å². The number of unbranched alkanes of at least 4 members (excludes halogenated alkanes) is 1. The lowest BCUT2D eigenvalue weighted by Gasteiger charge is -2.09. The molecule has 0 aromatic carbocycles. The molecule has 0 unspecified atom stereocenters. The summed E-state index contributed by atoms with van der Waals surface area (Å²) in [6.45, 7) is 19.1. The van der Waals surface area contributed by atoms with Crippen LogP contribution in [0.3, 0.4) is 0 Å². The van der Waals surface area contributed by atoms with Gasteiger partial charge < -0.3 is 19.6 Å². The third-order valence-corrected chi connectivity index (χ3v) is 6.16. The summed E-state index contributed by atoms with van der Waals surface area (Å²) in [7, 11) is 15.9. The molecule has 0 bridgehead atoms. The van der Waals surface area contributed by atoms with Gasteiger partial charge in [0.15, 0.2) is 0 Å². The molecule has 0 N–H and O–H groups in total. The van der Waals surface area contributed by atoms with Gasteiger partial charge in [-0.1, -0.05) is 55.4 Å². The van der Waals surface area contributed by atoms with Gasteiger partial charge in [0.1, 0.15) is 23.1 Å². The van der Waals surface area contributed by atoms with Crippen LogP contribution in [0.1, 0.15) is 93.9 Å². The first kappa shape index (κ1) is 47.5. The zero-order valence-electron chi connectivity index (χ0n) is 30.8. The Morgan fingerprint density at radius 3 is 0.976 bits per heavy atom. The van der Waals surface area contributed by atoms with E-state index in [0.29, 0.717) is 36.1 Å². The third kappa shape index (κ3) is 40.7. The van der Waals surface area contributed by atoms with Crippen molar-refractivity contribution in [2.45, 2.75) is 93.9 Å². The second-order valence-corrected chi connectivity index (χ2v) is 13.4. The van der Waals surface area contributed by atoms with Gasteiger partial charge in [0.2, 0.25) is 0 Å². The molecule has 8 nitrogen and oxygen atoms in total. The van der Waals surface area contributed by atoms with Crippen molar-refractivity contribution < 1.29 is 19.2 Å². The van der Waals surface area contributed by atoms with Crippen LogP contribution in [0.5, 0.6) is 0 Å². The minimum absolute atomic E-state index is 0.174. The molecule has 0 spiro atoms. The van der Waals surface area contributed by atoms with E-state index in [4.69, 9.17) is 0 Å². The lowest BCUT2D eigenvalue weighted by Crippen LogP contribution is -2.24. The van der Waals surface area contributed by atoms with E-state index in [2.05, 4.69) is 23.9 Å². The fourth-order valence-corrected chi connectivity index (χ4v) is 2.99. The predicted molar refractivity (Wildman–Crippen MR) is 181 cm³/mol. The summed E-state index contributed by atoms with van der Waals surface area (Å²) < 4.78 is 0. The highest BCUT2D eigenvalue weighted by atomic mass is 16.1. The van der Waals surface area contributed by atoms with Crippen LogP contribution < -0.4 is 0 Å². The summed E-state index contributed by atoms with van der Waals surface area (Å²) in [5, 5.41) is 0. The first-order chi connectivity index (χ1) is 19.1. The number of likely N-dealkylation sites (N-methyl/N-ethyl adjacent to an activating group) is 1. The molecular formula is C34H72N4O4. The van der Waals surface area contributed by atoms with Gasteiger partial charge in [-0.25, -0.2) is 0 Å². The minimum atomic E-state index is 0.174. The smallest absolute Gasteiger partial charge is 0.149 e. The quantitative estimate of drug-likeness (QED) is 0.193. The molecule has 42 heavy (non-hydrogen) atoms. The van der Waals surface area contributed by atoms with Crippen molar-refractivity contribution in [3.05, 3.63) is 0 Å². The number of nitrogens with zero attached hydrogens (tertiary/aromatic N) is 4. The van der Waals surface area contributed by atoms with Gasteiger partial charge in [0.25, 0.3) is 0 Å². The van der Waals surface area contributed by atoms with Crippen molar-refractivity contribution in [1.29, 1.82) is 0 Å². The normalized spacial score (nSPS) is 11.0. The molecule has 0 saturated heterocycles. The van der Waals surface area contributed by atoms with Crippen LogP contribution in [0.25, 0.3) is 0 Å². The van der Waals surface area contributed by atoms with Crippen LogP contribution in [0.15, 0.2) is 0 Å². The Balaban J connectivity index is -0.000000230. The lowest BCUT2D eigenvalue weighted by atomic mass is 10.0. The van der Waals surface area contributed by atoms with Crippen molar-refractivity contribution >= 4 is 23.1 Å². The third-order valence-electron chi connectivity index (χ3n) is 6.16. The molecule has 0 aliphatic carbocycles. The summed E-state index contributed by atoms with van der Waals surface area (Å²) in [6.07, 6.45) is 5.33. The van der Waals surface area contributed by atoms with Crippen LogP contribution in [0.4, 0.5) is 0 Å². The van der Waals surface area contributed by atoms with Gasteiger partial charge in [0, 0.05) is 49.5 Å². The van der Waals surface area contributed by atoms with E-state index in [0.717, 1.165) is 51.7 Å². The summed E-state index contributed by atoms with van der Waals surface area (Å²) in [6, 6.07) is 0. The molecule has 0 radical (unpaired) electrons. The zero-order valence-corrected chi connectivity index (χ0v) is 30.8. The second kappa shape index (κ2) is 29.6. The van der Waals surface area contributed by atoms with Crippen molar-refractivity contribution in [2.75, 3.05) is 82.6 Å². The van der Waals surface area contributed by atoms with Crippen LogP contribution in [-0.2, 0) is 19.2 Å². The second-order valence-electron chi connectivity index (χ2n) is 13.4. The molecular weight excluding hydrogens is 528 g/mol. The Kier molecular flexibility index (Phi) is 33.4. The molecule has 0 aliphatic heterocycles. The topological polar surface area (TPSA) is 81.2 Å². The average Bonchev–Trinajstić information content (AvgIpc) is 2.85. The molecule has 0 aromatic rings. The van der Waals surface area contributed by atoms with Gasteiger partial charge in [-0.05, 0) is 88.7 Å². The predicted octanol–water partition coefficient (Wildman–Crippen LogP) is 5.43. The van der Waals surface area contributed by atoms with Crippen LogP contribution in [-0.4, -0.2) is 125 Å². The Morgan fingerprint density at radius 1 is 0.381 bits per heavy atom. The standard InChI is InChI=1S/C10H21NO.C9H19NO.C8H17NO.C7H15NO/c1-9(2)10(12)7-5-6-8-11(3)4;1-8(2)9(11)6-5-7-10(3)4;1-7(2)8(10)5-6-9(3)4;1-6(2)7(9)5-8(3)4/h9H,5-8H2,1-4H3;8H,5-7H2,1-4H3;7H,5-6H2,1-4H3;6H,5H2,1-4H3. The molecule has 0 rings (SSSR count). The molecule has 0 aromatic heterocycles. The Bertz CT molecular complexity index is 685. The fraction of sp³-hybridized carbons (Fsp3) is 0.882. The molecule has 0 aliphatic rings. The highest BCUT2D eigenvalue weighted by Crippen LogP contribution is 2.04. The number of ketones is 4. The van der Waals surface area contributed by atoms with Gasteiger partial charge >= 0.3 is 0 Å². The van der Waals surface area contributed by atoms with Crippen LogP contribution >= 0.6 is 0 Å². The molecule has 0 saturated carbocycles. The van der Waals surface area contributed by atoms with Gasteiger partial charge in [-0.2, -0.15) is 0 Å². The minimum Gasteiger partial charge on any atom is -0.309 e. The monoisotopic (exact) mass is 601 g/mol. The van der Waals surface area contributed by atoms with E-state index >= 15 is 0 Å². The maximum atomic E-state index is 11.2. The summed E-state index contributed by atoms with van der Waals surface area (Å²) in [5.41, 5.74) is 0. The van der Waals surface area contributed by atoms with E-state index in [-0.39, 0.29) is 23.7 Å². The lowest BCUT2D eigenvalue weighted by molar-refractivity contribution is -0.123. The number of hydrogen-bond donors (Lipinski definition) is 0. The molecule has 252 valence electrons. The molecule has 0 fully saturated rings. The largest absolute Gasteiger partial charge is 0.309 e. The molecule has 8 heteroatoms. The van der Waals surface area contributed by atoms with E-state index in [1.54, 1.807) is 0 Å². The molecule has 0 amide bonds. The van der Waals surface area contributed by atoms with E-state index < -0.39 is 0 Å². The maximum absolute atomic E-state index is 11.2. The van der Waals surface area contributed by atoms with E-state index in [1.165, 1.54) is 0 Å². The van der Waals surface area contributed by atoms with Gasteiger partial charge in [0.05, 0.1) is 6.54 Å². The zero-order chi connectivity index (χ0) is 34.0. The number of Topliss-reactive ketones (excluding diaryl/α,β-unsaturated/α-hetero) is 4. The Hall–Kier alpha value is -1.48. The number of carbonyl (C=O) groups is 4. The average molecular weight is 601 g/mol. The number of hydrogen-bond acceptors (Lipinski definition) is 8. The Labute approximate surface area is 261 Å². The molecule has 0 heterocycles. The summed E-state index contributed by atoms with van der Waals surface area (Å²) in [5.74, 6) is 2.23. The summed E-state index contributed by atoms with van der Waals surface area (Å²) >= 11 is 0. The highest BCUT2D eigenvalue weighted by Gasteiger charge is 2.08. The molecule has 0 atom stereocenters.